The molecule has 1 amide bonds. The minimum absolute atomic E-state index is 0.146. The number of aryl methyl sites for hydroxylation is 2. The number of benzene rings is 3. The second kappa shape index (κ2) is 8.55. The van der Waals surface area contributed by atoms with Crippen LogP contribution in [-0.4, -0.2) is 21.4 Å². The molecule has 1 aliphatic rings. The molecule has 1 atom stereocenters. The van der Waals surface area contributed by atoms with E-state index in [0.717, 1.165) is 18.4 Å². The predicted molar refractivity (Wildman–Crippen MR) is 123 cm³/mol. The maximum absolute atomic E-state index is 12.9. The van der Waals surface area contributed by atoms with Gasteiger partial charge in [-0.25, -0.2) is 8.42 Å². The second-order valence-electron chi connectivity index (χ2n) is 7.91. The molecule has 0 spiro atoms. The first-order valence-corrected chi connectivity index (χ1v) is 11.9. The van der Waals surface area contributed by atoms with Crippen LogP contribution in [-0.2, 0) is 22.9 Å². The standard InChI is InChI=1S/C25H26N2O3S/c1-18(20-15-14-19-8-6-9-21(19)16-20)26-25(28)22-10-7-11-23(17-22)27(2)31(29,30)24-12-4-3-5-13-24/h3-5,7,10-18H,6,8-9H2,1-2H3,(H,26,28). The largest absolute Gasteiger partial charge is 0.346 e. The molecule has 0 radical (unpaired) electrons. The van der Waals surface area contributed by atoms with Gasteiger partial charge in [0.25, 0.3) is 15.9 Å². The van der Waals surface area contributed by atoms with E-state index < -0.39 is 10.0 Å². The fourth-order valence-electron chi connectivity index (χ4n) is 3.96. The van der Waals surface area contributed by atoms with Gasteiger partial charge in [0.2, 0.25) is 0 Å². The first-order chi connectivity index (χ1) is 14.9. The lowest BCUT2D eigenvalue weighted by atomic mass is 10.0. The fourth-order valence-corrected chi connectivity index (χ4v) is 5.17. The van der Waals surface area contributed by atoms with Gasteiger partial charge < -0.3 is 5.32 Å². The average Bonchev–Trinajstić information content (AvgIpc) is 3.27. The van der Waals surface area contributed by atoms with Gasteiger partial charge in [0.05, 0.1) is 16.6 Å². The minimum Gasteiger partial charge on any atom is -0.346 e. The van der Waals surface area contributed by atoms with Gasteiger partial charge in [-0.2, -0.15) is 0 Å². The molecule has 1 N–H and O–H groups in total. The van der Waals surface area contributed by atoms with E-state index in [0.29, 0.717) is 11.3 Å². The van der Waals surface area contributed by atoms with Crippen LogP contribution in [0, 0.1) is 0 Å². The van der Waals surface area contributed by atoms with Gasteiger partial charge in [0, 0.05) is 12.6 Å². The Balaban J connectivity index is 1.52. The molecule has 0 fully saturated rings. The van der Waals surface area contributed by atoms with Crippen molar-refractivity contribution >= 4 is 21.6 Å². The van der Waals surface area contributed by atoms with Gasteiger partial charge in [0.15, 0.2) is 0 Å². The summed E-state index contributed by atoms with van der Waals surface area (Å²) in [6.07, 6.45) is 3.41. The van der Waals surface area contributed by atoms with Crippen LogP contribution in [0.25, 0.3) is 0 Å². The van der Waals surface area contributed by atoms with Crippen molar-refractivity contribution in [1.29, 1.82) is 0 Å². The number of anilines is 1. The maximum atomic E-state index is 12.9. The first kappa shape index (κ1) is 21.1. The number of fused-ring (bicyclic) bond motifs is 1. The van der Waals surface area contributed by atoms with Gasteiger partial charge in [-0.15, -0.1) is 0 Å². The van der Waals surface area contributed by atoms with E-state index in [2.05, 4.69) is 23.5 Å². The summed E-state index contributed by atoms with van der Waals surface area (Å²) in [4.78, 5) is 13.1. The molecule has 31 heavy (non-hydrogen) atoms. The van der Waals surface area contributed by atoms with Crippen molar-refractivity contribution in [2.24, 2.45) is 0 Å². The van der Waals surface area contributed by atoms with Crippen LogP contribution in [0.4, 0.5) is 5.69 Å². The molecule has 160 valence electrons. The zero-order valence-corrected chi connectivity index (χ0v) is 18.5. The molecular formula is C25H26N2O3S. The van der Waals surface area contributed by atoms with E-state index in [1.54, 1.807) is 54.6 Å². The van der Waals surface area contributed by atoms with E-state index in [-0.39, 0.29) is 16.8 Å². The number of hydrogen-bond acceptors (Lipinski definition) is 3. The zero-order valence-electron chi connectivity index (χ0n) is 17.7. The Morgan fingerprint density at radius 2 is 1.68 bits per heavy atom. The molecule has 3 aromatic rings. The lowest BCUT2D eigenvalue weighted by Gasteiger charge is -2.20. The van der Waals surface area contributed by atoms with Gasteiger partial charge in [0.1, 0.15) is 0 Å². The van der Waals surface area contributed by atoms with Gasteiger partial charge in [-0.1, -0.05) is 42.5 Å². The third-order valence-corrected chi connectivity index (χ3v) is 7.64. The van der Waals surface area contributed by atoms with Crippen LogP contribution in [0.3, 0.4) is 0 Å². The third kappa shape index (κ3) is 4.35. The Morgan fingerprint density at radius 1 is 0.935 bits per heavy atom. The summed E-state index contributed by atoms with van der Waals surface area (Å²) in [5.74, 6) is -0.236. The normalized spacial score (nSPS) is 14.0. The Hall–Kier alpha value is -3.12. The van der Waals surface area contributed by atoms with Crippen molar-refractivity contribution in [3.8, 4) is 0 Å². The lowest BCUT2D eigenvalue weighted by Crippen LogP contribution is -2.28. The van der Waals surface area contributed by atoms with Crippen molar-refractivity contribution in [2.75, 3.05) is 11.4 Å². The molecular weight excluding hydrogens is 408 g/mol. The van der Waals surface area contributed by atoms with E-state index in [1.165, 1.54) is 28.9 Å². The van der Waals surface area contributed by atoms with E-state index in [9.17, 15) is 13.2 Å². The van der Waals surface area contributed by atoms with Gasteiger partial charge in [-0.05, 0) is 73.2 Å². The summed E-state index contributed by atoms with van der Waals surface area (Å²) in [7, 11) is -2.21. The third-order valence-electron chi connectivity index (χ3n) is 5.84. The highest BCUT2D eigenvalue weighted by Gasteiger charge is 2.22. The van der Waals surface area contributed by atoms with E-state index in [1.807, 2.05) is 6.92 Å². The lowest BCUT2D eigenvalue weighted by molar-refractivity contribution is 0.0940. The predicted octanol–water partition coefficient (Wildman–Crippen LogP) is 4.49. The van der Waals surface area contributed by atoms with Gasteiger partial charge in [-0.3, -0.25) is 9.10 Å². The number of nitrogens with one attached hydrogen (secondary N) is 1. The van der Waals surface area contributed by atoms with Crippen LogP contribution in [0.5, 0.6) is 0 Å². The molecule has 6 heteroatoms. The van der Waals surface area contributed by atoms with Crippen molar-refractivity contribution in [3.05, 3.63) is 95.1 Å². The highest BCUT2D eigenvalue weighted by atomic mass is 32.2. The Kier molecular flexibility index (Phi) is 5.83. The summed E-state index contributed by atoms with van der Waals surface area (Å²) >= 11 is 0. The highest BCUT2D eigenvalue weighted by molar-refractivity contribution is 7.92. The molecule has 1 aliphatic carbocycles. The highest BCUT2D eigenvalue weighted by Crippen LogP contribution is 2.26. The molecule has 0 saturated carbocycles. The molecule has 0 saturated heterocycles. The number of carbonyl (C=O) groups is 1. The number of carbonyl (C=O) groups excluding carboxylic acids is 1. The smallest absolute Gasteiger partial charge is 0.264 e. The zero-order chi connectivity index (χ0) is 22.0. The maximum Gasteiger partial charge on any atom is 0.264 e. The molecule has 5 nitrogen and oxygen atoms in total. The van der Waals surface area contributed by atoms with Crippen molar-refractivity contribution in [1.82, 2.24) is 5.32 Å². The fraction of sp³-hybridized carbons (Fsp3) is 0.240. The monoisotopic (exact) mass is 434 g/mol. The topological polar surface area (TPSA) is 66.5 Å². The van der Waals surface area contributed by atoms with Crippen LogP contribution < -0.4 is 9.62 Å². The van der Waals surface area contributed by atoms with Crippen molar-refractivity contribution < 1.29 is 13.2 Å². The molecule has 0 heterocycles. The molecule has 1 unspecified atom stereocenters. The Morgan fingerprint density at radius 3 is 2.45 bits per heavy atom. The molecule has 4 rings (SSSR count). The number of sulfonamides is 1. The van der Waals surface area contributed by atoms with Gasteiger partial charge >= 0.3 is 0 Å². The summed E-state index contributed by atoms with van der Waals surface area (Å²) < 4.78 is 27.0. The van der Waals surface area contributed by atoms with Crippen LogP contribution in [0.1, 0.15) is 46.4 Å². The number of rotatable bonds is 6. The van der Waals surface area contributed by atoms with Crippen molar-refractivity contribution in [3.63, 3.8) is 0 Å². The Labute approximate surface area is 183 Å². The summed E-state index contributed by atoms with van der Waals surface area (Å²) in [5, 5.41) is 3.03. The molecule has 0 bridgehead atoms. The van der Waals surface area contributed by atoms with Crippen LogP contribution >= 0.6 is 0 Å². The SMILES string of the molecule is CC(NC(=O)c1cccc(N(C)S(=O)(=O)c2ccccc2)c1)c1ccc2c(c1)CCC2. The van der Waals surface area contributed by atoms with Crippen LogP contribution in [0.2, 0.25) is 0 Å². The summed E-state index contributed by atoms with van der Waals surface area (Å²) in [5.41, 5.74) is 4.70. The molecule has 0 aromatic heterocycles. The quantitative estimate of drug-likeness (QED) is 0.622. The number of amides is 1. The summed E-state index contributed by atoms with van der Waals surface area (Å²) in [6.45, 7) is 1.96. The Bertz CT molecular complexity index is 1210. The number of hydrogen-bond donors (Lipinski definition) is 1. The molecule has 3 aromatic carbocycles. The average molecular weight is 435 g/mol. The second-order valence-corrected chi connectivity index (χ2v) is 9.88. The first-order valence-electron chi connectivity index (χ1n) is 10.4. The van der Waals surface area contributed by atoms with E-state index in [4.69, 9.17) is 0 Å². The number of nitrogens with zero attached hydrogens (tertiary/aromatic N) is 1. The van der Waals surface area contributed by atoms with E-state index >= 15 is 0 Å². The minimum atomic E-state index is -3.70. The summed E-state index contributed by atoms with van der Waals surface area (Å²) in [6, 6.07) is 21.2. The van der Waals surface area contributed by atoms with Crippen LogP contribution in [0.15, 0.2) is 77.7 Å². The molecule has 0 aliphatic heterocycles. The van der Waals surface area contributed by atoms with Crippen molar-refractivity contribution in [2.45, 2.75) is 37.1 Å².